The van der Waals surface area contributed by atoms with Crippen LogP contribution in [0.5, 0.6) is 0 Å². The van der Waals surface area contributed by atoms with Gasteiger partial charge in [0.15, 0.2) is 0 Å². The predicted octanol–water partition coefficient (Wildman–Crippen LogP) is 2.35. The fourth-order valence-corrected chi connectivity index (χ4v) is 4.03. The molecule has 1 aliphatic rings. The first-order chi connectivity index (χ1) is 14.5. The highest BCUT2D eigenvalue weighted by Gasteiger charge is 2.49. The van der Waals surface area contributed by atoms with E-state index in [-0.39, 0.29) is 13.0 Å². The number of aliphatic carboxylic acids is 1. The lowest BCUT2D eigenvalue weighted by atomic mass is 9.73. The molecular weight excluding hydrogens is 387 g/mol. The number of hydrogen-bond acceptors (Lipinski definition) is 5. The van der Waals surface area contributed by atoms with E-state index < -0.39 is 23.3 Å². The maximum atomic E-state index is 13.6. The summed E-state index contributed by atoms with van der Waals surface area (Å²) in [5.41, 5.74) is 0.100. The average molecular weight is 410 g/mol. The van der Waals surface area contributed by atoms with Gasteiger partial charge < -0.3 is 19.7 Å². The van der Waals surface area contributed by atoms with Gasteiger partial charge in [-0.05, 0) is 42.2 Å². The van der Waals surface area contributed by atoms with Gasteiger partial charge in [0.1, 0.15) is 17.1 Å². The predicted molar refractivity (Wildman–Crippen MR) is 109 cm³/mol. The van der Waals surface area contributed by atoms with Crippen LogP contribution >= 0.6 is 0 Å². The molecule has 3 aromatic rings. The Labute approximate surface area is 173 Å². The Bertz CT molecular complexity index is 1010. The number of pyridine rings is 1. The lowest BCUT2D eigenvalue weighted by Crippen LogP contribution is -2.57. The lowest BCUT2D eigenvalue weighted by Gasteiger charge is -2.44. The van der Waals surface area contributed by atoms with Crippen LogP contribution in [0.25, 0.3) is 0 Å². The van der Waals surface area contributed by atoms with Crippen molar-refractivity contribution in [2.45, 2.75) is 25.5 Å². The minimum absolute atomic E-state index is 0.0382. The zero-order valence-electron chi connectivity index (χ0n) is 16.4. The number of benzene rings is 1. The highest BCUT2D eigenvalue weighted by Crippen LogP contribution is 2.36. The molecule has 0 spiro atoms. The third kappa shape index (κ3) is 4.04. The topological polar surface area (TPSA) is 91.5 Å². The average Bonchev–Trinajstić information content (AvgIpc) is 3.23. The number of carbonyl (C=O) groups is 1. The van der Waals surface area contributed by atoms with Crippen molar-refractivity contribution >= 4 is 11.8 Å². The van der Waals surface area contributed by atoms with E-state index in [4.69, 9.17) is 0 Å². The van der Waals surface area contributed by atoms with Gasteiger partial charge in [0.25, 0.3) is 0 Å². The quantitative estimate of drug-likeness (QED) is 0.648. The van der Waals surface area contributed by atoms with Crippen LogP contribution in [-0.2, 0) is 17.8 Å². The number of anilines is 1. The number of aliphatic hydroxyl groups is 1. The molecule has 4 rings (SSSR count). The minimum Gasteiger partial charge on any atom is -0.481 e. The van der Waals surface area contributed by atoms with E-state index in [1.54, 1.807) is 30.9 Å². The van der Waals surface area contributed by atoms with Gasteiger partial charge in [-0.2, -0.15) is 0 Å². The number of piperidine rings is 1. The fourth-order valence-electron chi connectivity index (χ4n) is 4.03. The molecule has 0 saturated carbocycles. The van der Waals surface area contributed by atoms with Crippen molar-refractivity contribution in [2.75, 3.05) is 18.0 Å². The second kappa shape index (κ2) is 8.23. The zero-order valence-corrected chi connectivity index (χ0v) is 16.4. The van der Waals surface area contributed by atoms with Crippen LogP contribution in [0, 0.1) is 11.2 Å². The summed E-state index contributed by atoms with van der Waals surface area (Å²) in [6, 6.07) is 9.67. The first-order valence-corrected chi connectivity index (χ1v) is 9.78. The van der Waals surface area contributed by atoms with Gasteiger partial charge in [-0.3, -0.25) is 4.79 Å². The molecule has 7 nitrogen and oxygen atoms in total. The number of rotatable bonds is 6. The molecule has 1 aromatic carbocycles. The van der Waals surface area contributed by atoms with Crippen LogP contribution in [0.2, 0.25) is 0 Å². The molecular formula is C22H23FN4O3. The molecule has 1 aliphatic heterocycles. The van der Waals surface area contributed by atoms with E-state index in [9.17, 15) is 19.4 Å². The summed E-state index contributed by atoms with van der Waals surface area (Å²) in [6.45, 7) is 1.23. The first-order valence-electron chi connectivity index (χ1n) is 9.78. The number of halogens is 1. The van der Waals surface area contributed by atoms with Crippen LogP contribution in [0.3, 0.4) is 0 Å². The highest BCUT2D eigenvalue weighted by atomic mass is 19.1. The van der Waals surface area contributed by atoms with E-state index in [0.29, 0.717) is 30.9 Å². The third-order valence-electron chi connectivity index (χ3n) is 5.68. The SMILES string of the molecule is O=C(O)[C@]1(Cc2cccc(F)c2)CN(c2ccc(Cn3ccnc3)cn2)CC[C@@H]1O. The van der Waals surface area contributed by atoms with Crippen molar-refractivity contribution in [1.29, 1.82) is 0 Å². The smallest absolute Gasteiger partial charge is 0.314 e. The molecule has 0 bridgehead atoms. The van der Waals surface area contributed by atoms with Crippen LogP contribution in [0.15, 0.2) is 61.3 Å². The summed E-state index contributed by atoms with van der Waals surface area (Å²) >= 11 is 0. The van der Waals surface area contributed by atoms with Gasteiger partial charge in [0.05, 0.1) is 12.4 Å². The molecule has 30 heavy (non-hydrogen) atoms. The second-order valence-electron chi connectivity index (χ2n) is 7.75. The summed E-state index contributed by atoms with van der Waals surface area (Å²) in [5.74, 6) is -0.868. The molecule has 0 unspecified atom stereocenters. The molecule has 1 fully saturated rings. The largest absolute Gasteiger partial charge is 0.481 e. The van der Waals surface area contributed by atoms with Gasteiger partial charge in [-0.1, -0.05) is 18.2 Å². The van der Waals surface area contributed by atoms with Crippen LogP contribution in [0.1, 0.15) is 17.5 Å². The molecule has 0 radical (unpaired) electrons. The Hall–Kier alpha value is -3.26. The molecule has 0 amide bonds. The normalized spacial score (nSPS) is 21.5. The van der Waals surface area contributed by atoms with E-state index >= 15 is 0 Å². The summed E-state index contributed by atoms with van der Waals surface area (Å²) in [5, 5.41) is 20.7. The Morgan fingerprint density at radius 3 is 2.80 bits per heavy atom. The summed E-state index contributed by atoms with van der Waals surface area (Å²) in [4.78, 5) is 22.7. The Morgan fingerprint density at radius 1 is 1.27 bits per heavy atom. The van der Waals surface area contributed by atoms with E-state index in [0.717, 1.165) is 5.56 Å². The monoisotopic (exact) mass is 410 g/mol. The van der Waals surface area contributed by atoms with Crippen molar-refractivity contribution < 1.29 is 19.4 Å². The first kappa shape index (κ1) is 20.0. The number of aromatic nitrogens is 3. The zero-order chi connectivity index (χ0) is 21.1. The fraction of sp³-hybridized carbons (Fsp3) is 0.318. The van der Waals surface area contributed by atoms with Crippen molar-refractivity contribution in [2.24, 2.45) is 5.41 Å². The van der Waals surface area contributed by atoms with Crippen LogP contribution < -0.4 is 4.90 Å². The number of nitrogens with zero attached hydrogens (tertiary/aromatic N) is 4. The van der Waals surface area contributed by atoms with Gasteiger partial charge in [-0.15, -0.1) is 0 Å². The number of imidazole rings is 1. The van der Waals surface area contributed by atoms with Crippen molar-refractivity contribution in [3.05, 3.63) is 78.3 Å². The molecule has 156 valence electrons. The van der Waals surface area contributed by atoms with E-state index in [1.165, 1.54) is 12.1 Å². The molecule has 2 atom stereocenters. The second-order valence-corrected chi connectivity index (χ2v) is 7.75. The van der Waals surface area contributed by atoms with Crippen molar-refractivity contribution in [1.82, 2.24) is 14.5 Å². The van der Waals surface area contributed by atoms with Gasteiger partial charge in [0.2, 0.25) is 0 Å². The number of carboxylic acid groups (broad SMARTS) is 1. The minimum atomic E-state index is -1.44. The number of hydrogen-bond donors (Lipinski definition) is 2. The summed E-state index contributed by atoms with van der Waals surface area (Å²) in [6.07, 6.45) is 6.37. The summed E-state index contributed by atoms with van der Waals surface area (Å²) < 4.78 is 15.6. The van der Waals surface area contributed by atoms with Crippen LogP contribution in [-0.4, -0.2) is 49.9 Å². The van der Waals surface area contributed by atoms with Crippen LogP contribution in [0.4, 0.5) is 10.2 Å². The Kier molecular flexibility index (Phi) is 5.50. The molecule has 1 saturated heterocycles. The Balaban J connectivity index is 1.55. The summed E-state index contributed by atoms with van der Waals surface area (Å²) in [7, 11) is 0. The maximum absolute atomic E-state index is 13.6. The van der Waals surface area contributed by atoms with Gasteiger partial charge in [-0.25, -0.2) is 14.4 Å². The van der Waals surface area contributed by atoms with Crippen molar-refractivity contribution in [3.63, 3.8) is 0 Å². The molecule has 3 heterocycles. The third-order valence-corrected chi connectivity index (χ3v) is 5.68. The molecule has 2 N–H and O–H groups in total. The molecule has 0 aliphatic carbocycles. The standard InChI is InChI=1S/C22H23FN4O3/c23-18-3-1-2-16(10-18)11-22(21(29)30)14-27(8-6-19(22)28)20-5-4-17(12-25-20)13-26-9-7-24-15-26/h1-5,7,9-10,12,15,19,28H,6,8,11,13-14H2,(H,29,30)/t19-,22+/m0/s1. The lowest BCUT2D eigenvalue weighted by molar-refractivity contribution is -0.157. The molecule has 2 aromatic heterocycles. The number of carboxylic acids is 1. The highest BCUT2D eigenvalue weighted by molar-refractivity contribution is 5.77. The van der Waals surface area contributed by atoms with E-state index in [2.05, 4.69) is 9.97 Å². The molecule has 8 heteroatoms. The van der Waals surface area contributed by atoms with Crippen molar-refractivity contribution in [3.8, 4) is 0 Å². The number of aliphatic hydroxyl groups excluding tert-OH is 1. The van der Waals surface area contributed by atoms with E-state index in [1.807, 2.05) is 27.8 Å². The van der Waals surface area contributed by atoms with Gasteiger partial charge >= 0.3 is 5.97 Å². The maximum Gasteiger partial charge on any atom is 0.314 e. The van der Waals surface area contributed by atoms with Gasteiger partial charge in [0, 0.05) is 38.2 Å². The Morgan fingerprint density at radius 2 is 2.13 bits per heavy atom.